The van der Waals surface area contributed by atoms with E-state index in [0.29, 0.717) is 0 Å². The van der Waals surface area contributed by atoms with E-state index in [1.807, 2.05) is 0 Å². The van der Waals surface area contributed by atoms with Crippen molar-refractivity contribution >= 4 is 12.1 Å². The van der Waals surface area contributed by atoms with E-state index >= 15 is 0 Å². The normalized spacial score (nSPS) is 8.90. The van der Waals surface area contributed by atoms with Gasteiger partial charge in [0.25, 0.3) is 0 Å². The van der Waals surface area contributed by atoms with Gasteiger partial charge in [0.05, 0.1) is 0 Å². The molecule has 0 fully saturated rings. The third kappa shape index (κ3) is 5.56. The Morgan fingerprint density at radius 2 is 2.30 bits per heavy atom. The molecule has 10 heavy (non-hydrogen) atoms. The van der Waals surface area contributed by atoms with Gasteiger partial charge in [0.1, 0.15) is 0 Å². The summed E-state index contributed by atoms with van der Waals surface area (Å²) in [6.45, 7) is 0. The molecule has 6 nitrogen and oxygen atoms in total. The van der Waals surface area contributed by atoms with Crippen LogP contribution in [0.1, 0.15) is 0 Å². The first-order valence-electron chi connectivity index (χ1n) is 2.13. The maximum absolute atomic E-state index is 10.2. The van der Waals surface area contributed by atoms with Crippen molar-refractivity contribution < 1.29 is 41.0 Å². The Hall–Kier alpha value is -0.570. The first-order chi connectivity index (χ1) is 4.66. The first-order valence-corrected chi connectivity index (χ1v) is 4.74. The minimum atomic E-state index is -0.940. The van der Waals surface area contributed by atoms with Crippen LogP contribution in [0.2, 0.25) is 0 Å². The van der Waals surface area contributed by atoms with E-state index in [2.05, 4.69) is 14.3 Å². The molecule has 0 rings (SSSR count). The van der Waals surface area contributed by atoms with Crippen LogP contribution in [0.5, 0.6) is 0 Å². The molecule has 0 saturated carbocycles. The van der Waals surface area contributed by atoms with Crippen molar-refractivity contribution in [2.75, 3.05) is 4.43 Å². The van der Waals surface area contributed by atoms with Crippen molar-refractivity contribution in [1.82, 2.24) is 3.53 Å². The number of nitrogens with one attached hydrogen (secondary N) is 1. The molecule has 60 valence electrons. The number of nitrogens with two attached hydrogens (primary N) is 1. The molecule has 0 atom stereocenters. The van der Waals surface area contributed by atoms with Crippen LogP contribution < -0.4 is 30.9 Å². The van der Waals surface area contributed by atoms with Gasteiger partial charge in [-0.15, -0.1) is 0 Å². The Bertz CT molecular complexity index is 138. The second-order valence-corrected chi connectivity index (χ2v) is 3.23. The second kappa shape index (κ2) is 5.23. The fourth-order valence-electron chi connectivity index (χ4n) is 0.167. The van der Waals surface area contributed by atoms with E-state index in [1.165, 1.54) is 0 Å². The molecule has 0 aliphatic heterocycles. The second-order valence-electron chi connectivity index (χ2n) is 1.16. The van der Waals surface area contributed by atoms with Crippen LogP contribution in [-0.2, 0) is 9.63 Å². The summed E-state index contributed by atoms with van der Waals surface area (Å²) in [5, 5.41) is 8.10. The maximum atomic E-state index is 10.2. The van der Waals surface area contributed by atoms with Crippen molar-refractivity contribution in [1.29, 1.82) is 0 Å². The van der Waals surface area contributed by atoms with Gasteiger partial charge >= 0.3 is 66.9 Å². The zero-order valence-corrected chi connectivity index (χ0v) is 6.99. The van der Waals surface area contributed by atoms with Gasteiger partial charge in [-0.05, 0) is 0 Å². The predicted octanol–water partition coefficient (Wildman–Crippen LogP) is -4.33. The van der Waals surface area contributed by atoms with Crippen LogP contribution in [0.15, 0.2) is 0 Å². The molecule has 0 aromatic carbocycles. The number of carboxylic acids is 1. The molecule has 4 N–H and O–H groups in total. The molecule has 0 aromatic heterocycles. The fraction of sp³-hybridized carbons (Fsp3) is 0.333. The molecule has 0 radical (unpaired) electrons. The summed E-state index contributed by atoms with van der Waals surface area (Å²) in [4.78, 5) is 23.8. The number of carboxylic acid groups (broad SMARTS) is 1. The third-order valence-electron chi connectivity index (χ3n) is 0.432. The summed E-state index contributed by atoms with van der Waals surface area (Å²) < 4.78 is 2.17. The first kappa shape index (κ1) is 9.43. The number of alkyl halides is 1. The molecule has 0 spiro atoms. The Morgan fingerprint density at radius 3 is 2.70 bits per heavy atom. The summed E-state index contributed by atoms with van der Waals surface area (Å²) in [6.07, 6.45) is -0.783. The van der Waals surface area contributed by atoms with Gasteiger partial charge in [0.15, 0.2) is 0 Å². The Kier molecular flexibility index (Phi) is 4.94. The third-order valence-corrected chi connectivity index (χ3v) is 2.29. The van der Waals surface area contributed by atoms with Crippen molar-refractivity contribution in [3.05, 3.63) is 0 Å². The SMILES string of the molecule is NOC(=O)N[I-]CC(=O)O. The molecule has 0 aromatic rings. The van der Waals surface area contributed by atoms with Crippen LogP contribution in [0, 0.1) is 0 Å². The van der Waals surface area contributed by atoms with E-state index in [0.717, 1.165) is 0 Å². The van der Waals surface area contributed by atoms with Gasteiger partial charge in [-0.2, -0.15) is 0 Å². The number of rotatable bonds is 3. The van der Waals surface area contributed by atoms with Gasteiger partial charge in [-0.1, -0.05) is 0 Å². The summed E-state index contributed by atoms with van der Waals surface area (Å²) in [5.41, 5.74) is 0. The standard InChI is InChI=1S/C3H6IN2O4/c5-10-3(9)6-4-1-2(7)8/h1,5H2,(H,6,9)(H,7,8)/q-1. The monoisotopic (exact) mass is 261 g/mol. The summed E-state index contributed by atoms with van der Waals surface area (Å²) >= 11 is -0.866. The molecule has 0 heterocycles. The van der Waals surface area contributed by atoms with E-state index in [-0.39, 0.29) is 4.43 Å². The van der Waals surface area contributed by atoms with E-state index < -0.39 is 33.5 Å². The van der Waals surface area contributed by atoms with Gasteiger partial charge in [-0.3, -0.25) is 0 Å². The van der Waals surface area contributed by atoms with Gasteiger partial charge in [0, 0.05) is 0 Å². The number of hydrogen-bond donors (Lipinski definition) is 3. The van der Waals surface area contributed by atoms with Gasteiger partial charge in [-0.25, -0.2) is 0 Å². The number of carbonyl (C=O) groups is 2. The number of hydrogen-bond acceptors (Lipinski definition) is 4. The quantitative estimate of drug-likeness (QED) is 0.206. The zero-order chi connectivity index (χ0) is 7.98. The zero-order valence-electron chi connectivity index (χ0n) is 4.83. The molecule has 0 aliphatic carbocycles. The summed E-state index contributed by atoms with van der Waals surface area (Å²) in [6, 6.07) is 0. The fourth-order valence-corrected chi connectivity index (χ4v) is 1.12. The molecule has 1 amide bonds. The molecule has 0 aliphatic rings. The van der Waals surface area contributed by atoms with E-state index in [1.54, 1.807) is 0 Å². The molecular formula is C3H6IN2O4-. The van der Waals surface area contributed by atoms with Crippen LogP contribution in [0.25, 0.3) is 0 Å². The number of amides is 1. The topological polar surface area (TPSA) is 102 Å². The molecule has 7 heteroatoms. The van der Waals surface area contributed by atoms with Crippen LogP contribution in [-0.4, -0.2) is 21.6 Å². The average molecular weight is 261 g/mol. The predicted molar refractivity (Wildman–Crippen MR) is 26.3 cm³/mol. The Morgan fingerprint density at radius 1 is 1.70 bits per heavy atom. The summed E-state index contributed by atoms with van der Waals surface area (Å²) in [5.74, 6) is 3.51. The van der Waals surface area contributed by atoms with Crippen molar-refractivity contribution in [2.45, 2.75) is 0 Å². The average Bonchev–Trinajstić information content (AvgIpc) is 1.87. The van der Waals surface area contributed by atoms with Gasteiger partial charge in [0.2, 0.25) is 0 Å². The van der Waals surface area contributed by atoms with E-state index in [9.17, 15) is 9.59 Å². The molecule has 0 bridgehead atoms. The van der Waals surface area contributed by atoms with Crippen molar-refractivity contribution in [2.24, 2.45) is 5.90 Å². The van der Waals surface area contributed by atoms with Crippen molar-refractivity contribution in [3.63, 3.8) is 0 Å². The van der Waals surface area contributed by atoms with Crippen LogP contribution in [0.3, 0.4) is 0 Å². The Labute approximate surface area is 67.3 Å². The van der Waals surface area contributed by atoms with Crippen LogP contribution >= 0.6 is 0 Å². The Balaban J connectivity index is 3.20. The van der Waals surface area contributed by atoms with Crippen LogP contribution in [0.4, 0.5) is 4.79 Å². The molecule has 0 unspecified atom stereocenters. The molecule has 0 saturated heterocycles. The number of aliphatic carboxylic acids is 1. The van der Waals surface area contributed by atoms with Crippen molar-refractivity contribution in [3.8, 4) is 0 Å². The van der Waals surface area contributed by atoms with Gasteiger partial charge < -0.3 is 0 Å². The summed E-state index contributed by atoms with van der Waals surface area (Å²) in [7, 11) is 0. The number of halogens is 1. The minimum absolute atomic E-state index is 0.0337. The number of carbonyl (C=O) groups excluding carboxylic acids is 1. The molecular weight excluding hydrogens is 255 g/mol. The van der Waals surface area contributed by atoms with E-state index in [4.69, 9.17) is 5.11 Å².